The number of nitrogens with two attached hydrogens (primary N) is 4. The first-order valence-corrected chi connectivity index (χ1v) is 30.0. The number of anilines is 3. The van der Waals surface area contributed by atoms with Gasteiger partial charge in [-0.3, -0.25) is 35.1 Å². The van der Waals surface area contributed by atoms with E-state index >= 15 is 0 Å². The van der Waals surface area contributed by atoms with Crippen LogP contribution in [-0.2, 0) is 0 Å². The number of amides is 1. The molecule has 73 heavy (non-hydrogen) atoms. The molecule has 4 heterocycles. The molecule has 4 aromatic heterocycles. The molecule has 1 aliphatic carbocycles. The van der Waals surface area contributed by atoms with Gasteiger partial charge < -0.3 is 33.6 Å². The number of nitrogens with one attached hydrogen (secondary N) is 3. The Balaban J connectivity index is 0.000000217. The minimum absolute atomic E-state index is 0.00569. The molecule has 0 bridgehead atoms. The topological polar surface area (TPSA) is 334 Å². The second-order valence-corrected chi connectivity index (χ2v) is 20.2. The first kappa shape index (κ1) is 58.1. The van der Waals surface area contributed by atoms with Crippen molar-refractivity contribution < 1.29 is 14.6 Å². The number of benzene rings is 4. The number of rotatable bonds is 11. The second kappa shape index (κ2) is 32.5. The number of nitro groups is 2. The number of primary amides is 1. The van der Waals surface area contributed by atoms with E-state index in [9.17, 15) is 25.0 Å². The van der Waals surface area contributed by atoms with E-state index < -0.39 is 34.6 Å². The van der Waals surface area contributed by atoms with Crippen molar-refractivity contribution in [2.24, 2.45) is 22.2 Å². The molecule has 0 unspecified atom stereocenters. The van der Waals surface area contributed by atoms with E-state index in [-0.39, 0.29) is 34.8 Å². The average Bonchev–Trinajstić information content (AvgIpc) is 4.23. The molecule has 2 atom stereocenters. The molecule has 1 fully saturated rings. The maximum absolute atomic E-state index is 11.8. The zero-order chi connectivity index (χ0) is 52.8. The summed E-state index contributed by atoms with van der Waals surface area (Å²) in [6, 6.07) is 38.8. The molecule has 2 radical (unpaired) electrons. The van der Waals surface area contributed by atoms with E-state index in [4.69, 9.17) is 40.8 Å². The molecule has 0 spiro atoms. The molecular formula is C47H50Cl2IN17O5Sn. The van der Waals surface area contributed by atoms with Gasteiger partial charge in [0.1, 0.15) is 30.0 Å². The Morgan fingerprint density at radius 2 is 1.36 bits per heavy atom. The summed E-state index contributed by atoms with van der Waals surface area (Å²) >= 11 is 1.45. The zero-order valence-electron chi connectivity index (χ0n) is 38.7. The normalized spacial score (nSPS) is 13.5. The summed E-state index contributed by atoms with van der Waals surface area (Å²) < 4.78 is 4.51. The molecule has 378 valence electrons. The number of para-hydroxylation sites is 3. The Hall–Kier alpha value is -7.46. The first-order chi connectivity index (χ1) is 35.3. The summed E-state index contributed by atoms with van der Waals surface area (Å²) in [5, 5.41) is 40.1. The Morgan fingerprint density at radius 1 is 0.808 bits per heavy atom. The molecular weight excluding hydrogens is 1200 g/mol. The summed E-state index contributed by atoms with van der Waals surface area (Å²) in [6.07, 6.45) is 16.8. The predicted molar refractivity (Wildman–Crippen MR) is 295 cm³/mol. The number of aromatic nitrogens is 8. The summed E-state index contributed by atoms with van der Waals surface area (Å²) in [7, 11) is 9.87. The summed E-state index contributed by atoms with van der Waals surface area (Å²) in [4.78, 5) is 44.0. The van der Waals surface area contributed by atoms with Gasteiger partial charge in [-0.1, -0.05) is 85.6 Å². The molecule has 0 saturated heterocycles. The van der Waals surface area contributed by atoms with Crippen molar-refractivity contribution in [1.82, 2.24) is 39.7 Å². The number of H-pyrrole nitrogens is 1. The van der Waals surface area contributed by atoms with Crippen LogP contribution in [0.5, 0.6) is 0 Å². The molecule has 1 aliphatic rings. The van der Waals surface area contributed by atoms with Gasteiger partial charge in [0.15, 0.2) is 0 Å². The molecule has 11 N–H and O–H groups in total. The fourth-order valence-corrected chi connectivity index (χ4v) is 6.51. The van der Waals surface area contributed by atoms with E-state index in [2.05, 4.69) is 80.7 Å². The molecule has 0 aliphatic heterocycles. The van der Waals surface area contributed by atoms with E-state index in [1.54, 1.807) is 23.3 Å². The number of nitrogens with zero attached hydrogens (tertiary/aromatic N) is 10. The second-order valence-electron chi connectivity index (χ2n) is 14.7. The van der Waals surface area contributed by atoms with E-state index in [1.165, 1.54) is 39.2 Å². The first-order valence-electron chi connectivity index (χ1n) is 21.7. The van der Waals surface area contributed by atoms with Gasteiger partial charge in [0.2, 0.25) is 5.95 Å². The van der Waals surface area contributed by atoms with Gasteiger partial charge in [0.25, 0.3) is 5.91 Å². The molecule has 1 amide bonds. The number of carbonyl (C=O) groups excluding carboxylic acids is 1. The van der Waals surface area contributed by atoms with Crippen LogP contribution in [0.3, 0.4) is 0 Å². The molecule has 9 rings (SSSR count). The van der Waals surface area contributed by atoms with E-state index in [0.29, 0.717) is 17.3 Å². The van der Waals surface area contributed by atoms with Crippen LogP contribution in [0.1, 0.15) is 36.0 Å². The van der Waals surface area contributed by atoms with Crippen LogP contribution in [0.2, 0.25) is 0 Å². The van der Waals surface area contributed by atoms with Gasteiger partial charge in [-0.05, 0) is 84.0 Å². The van der Waals surface area contributed by atoms with Gasteiger partial charge in [0, 0.05) is 28.1 Å². The molecule has 8 aromatic rings. The number of carbonyl (C=O) groups is 1. The zero-order valence-corrected chi connectivity index (χ0v) is 45.2. The predicted octanol–water partition coefficient (Wildman–Crippen LogP) is 8.71. The van der Waals surface area contributed by atoms with Crippen molar-refractivity contribution in [3.8, 4) is 11.4 Å². The summed E-state index contributed by atoms with van der Waals surface area (Å²) in [5.74, 6) is -0.0309. The van der Waals surface area contributed by atoms with Crippen molar-refractivity contribution in [3.05, 3.63) is 206 Å². The fraction of sp³-hybridized carbons (Fsp3) is 0.128. The van der Waals surface area contributed by atoms with Gasteiger partial charge in [-0.15, -0.1) is 0 Å². The summed E-state index contributed by atoms with van der Waals surface area (Å²) in [5.41, 5.74) is 26.8. The number of aromatic amines is 1. The van der Waals surface area contributed by atoms with Crippen LogP contribution in [0, 0.1) is 23.8 Å². The number of nitrogen functional groups attached to an aromatic ring is 1. The molecule has 1 saturated carbocycles. The SMILES string of the molecule is Ic1ccccc1.NC=C(C=Nc1ccccc1)Nc1nc(N[C@@H]2CCCC[C@@H]2N)ncc1C(N)=O.Nc1cnn(-c2ccccc2)c1.O=[N+]([O-])c1cn[nH]c1.O=[N+]([O-])c1cnn(-c2ccccc2)c1.[Cl][Sn][Cl]. The van der Waals surface area contributed by atoms with Crippen LogP contribution < -0.4 is 33.6 Å². The maximum atomic E-state index is 11.8. The Morgan fingerprint density at radius 3 is 1.81 bits per heavy atom. The van der Waals surface area contributed by atoms with Gasteiger partial charge in [0.05, 0.1) is 63.1 Å². The molecule has 4 aromatic carbocycles. The fourth-order valence-electron chi connectivity index (χ4n) is 6.09. The third-order valence-corrected chi connectivity index (χ3v) is 10.3. The minimum atomic E-state index is -0.826. The summed E-state index contributed by atoms with van der Waals surface area (Å²) in [6.45, 7) is 0. The van der Waals surface area contributed by atoms with Gasteiger partial charge in [-0.2, -0.15) is 20.3 Å². The molecule has 26 heteroatoms. The standard InChI is InChI=1S/C20H26N8O.C9H7N3O2.C9H9N3.C6H5I.C3H3N3O2.2ClH.Sn/c21-10-14(11-24-13-6-2-1-3-7-13)26-19-15(18(23)29)12-25-20(28-19)27-17-9-5-4-8-16(17)22;13-12(14)9-6-10-11(7-9)8-4-2-1-3-5-8;10-8-6-11-12(7-8)9-4-2-1-3-5-9;7-6-4-2-1-3-5-6;7-6(8)3-1-4-5-2-3;;;/h1-3,6-7,10-12,16-17H,4-5,8-9,21-22H2,(H2,23,29)(H2,25,26,27,28);1-7H;1-7H,10H2;1-5H;1-2H,(H,4,5);2*1H;/q;;;;;;;+2/p-2/t16-,17+;;;;;;;/m0......./s1. The van der Waals surface area contributed by atoms with Gasteiger partial charge >= 0.3 is 48.1 Å². The molecule has 22 nitrogen and oxygen atoms in total. The van der Waals surface area contributed by atoms with Crippen LogP contribution >= 0.6 is 40.4 Å². The number of hydrogen-bond donors (Lipinski definition) is 7. The van der Waals surface area contributed by atoms with Crippen molar-refractivity contribution >= 4 is 106 Å². The third-order valence-electron chi connectivity index (χ3n) is 9.59. The number of aliphatic imine (C=N–C) groups is 1. The van der Waals surface area contributed by atoms with E-state index in [0.717, 1.165) is 48.9 Å². The Bertz CT molecular complexity index is 2920. The van der Waals surface area contributed by atoms with Crippen molar-refractivity contribution in [2.75, 3.05) is 16.4 Å². The number of allylic oxidation sites excluding steroid dienone is 1. The number of halogens is 3. The third kappa shape index (κ3) is 21.4. The van der Waals surface area contributed by atoms with Crippen molar-refractivity contribution in [2.45, 2.75) is 37.8 Å². The van der Waals surface area contributed by atoms with E-state index in [1.807, 2.05) is 109 Å². The van der Waals surface area contributed by atoms with Crippen LogP contribution in [0.15, 0.2) is 182 Å². The van der Waals surface area contributed by atoms with Crippen LogP contribution in [-0.4, -0.2) is 92.7 Å². The Labute approximate surface area is 450 Å². The number of hydrogen-bond acceptors (Lipinski definition) is 16. The quantitative estimate of drug-likeness (QED) is 0.0209. The van der Waals surface area contributed by atoms with Crippen molar-refractivity contribution in [1.29, 1.82) is 0 Å². The van der Waals surface area contributed by atoms with Crippen LogP contribution in [0.25, 0.3) is 11.4 Å². The van der Waals surface area contributed by atoms with Crippen molar-refractivity contribution in [3.63, 3.8) is 0 Å². The average molecular weight is 1250 g/mol. The Kier molecular flexibility index (Phi) is 25.9. The van der Waals surface area contributed by atoms with Gasteiger partial charge in [-0.25, -0.2) is 14.3 Å². The monoisotopic (exact) mass is 1250 g/mol. The van der Waals surface area contributed by atoms with Crippen LogP contribution in [0.4, 0.5) is 34.5 Å².